The van der Waals surface area contributed by atoms with Gasteiger partial charge in [0, 0.05) is 6.04 Å². The number of carbonyl (C=O) groups is 1. The van der Waals surface area contributed by atoms with E-state index in [4.69, 9.17) is 0 Å². The molecule has 0 saturated heterocycles. The van der Waals surface area contributed by atoms with Crippen molar-refractivity contribution in [2.75, 3.05) is 12.4 Å². The van der Waals surface area contributed by atoms with Crippen molar-refractivity contribution in [3.63, 3.8) is 0 Å². The fourth-order valence-corrected chi connectivity index (χ4v) is 1.85. The lowest BCUT2D eigenvalue weighted by molar-refractivity contribution is 0.0594. The Bertz CT molecular complexity index is 475. The molecule has 1 N–H and O–H groups in total. The molecule has 1 rings (SSSR count). The molecule has 0 aliphatic heterocycles. The number of hydrogen-bond donors (Lipinski definition) is 1. The van der Waals surface area contributed by atoms with Gasteiger partial charge in [0.05, 0.1) is 18.4 Å². The summed E-state index contributed by atoms with van der Waals surface area (Å²) in [7, 11) is 1.12. The molecule has 0 saturated carbocycles. The van der Waals surface area contributed by atoms with Crippen molar-refractivity contribution in [3.8, 4) is 0 Å². The first-order valence-electron chi connectivity index (χ1n) is 6.69. The molecule has 0 bridgehead atoms. The molecule has 1 aromatic rings. The third-order valence-electron chi connectivity index (χ3n) is 3.07. The minimum atomic E-state index is -1.18. The number of methoxy groups -OCH3 is 1. The molecule has 0 amide bonds. The van der Waals surface area contributed by atoms with Crippen molar-refractivity contribution in [1.29, 1.82) is 0 Å². The number of benzene rings is 1. The topological polar surface area (TPSA) is 38.3 Å². The lowest BCUT2D eigenvalue weighted by Crippen LogP contribution is -2.18. The number of esters is 1. The molecule has 1 atom stereocenters. The third-order valence-corrected chi connectivity index (χ3v) is 3.07. The van der Waals surface area contributed by atoms with Crippen molar-refractivity contribution in [2.45, 2.75) is 39.7 Å². The molecule has 0 fully saturated rings. The Kier molecular flexibility index (Phi) is 5.92. The minimum Gasteiger partial charge on any atom is -0.465 e. The van der Waals surface area contributed by atoms with Crippen LogP contribution in [0.1, 0.15) is 44.0 Å². The molecule has 0 heterocycles. The Morgan fingerprint density at radius 2 is 1.85 bits per heavy atom. The van der Waals surface area contributed by atoms with E-state index in [0.717, 1.165) is 20.0 Å². The summed E-state index contributed by atoms with van der Waals surface area (Å²) in [6, 6.07) is 2.61. The average molecular weight is 285 g/mol. The number of halogens is 2. The number of nitrogens with one attached hydrogen (secondary N) is 1. The highest BCUT2D eigenvalue weighted by Gasteiger charge is 2.19. The molecule has 20 heavy (non-hydrogen) atoms. The Morgan fingerprint density at radius 1 is 1.20 bits per heavy atom. The van der Waals surface area contributed by atoms with Crippen LogP contribution in [0.3, 0.4) is 0 Å². The van der Waals surface area contributed by atoms with Gasteiger partial charge in [-0.15, -0.1) is 0 Å². The summed E-state index contributed by atoms with van der Waals surface area (Å²) in [5.41, 5.74) is -0.336. The van der Waals surface area contributed by atoms with Crippen LogP contribution in [0.4, 0.5) is 14.5 Å². The molecule has 1 aromatic carbocycles. The lowest BCUT2D eigenvalue weighted by Gasteiger charge is -2.17. The summed E-state index contributed by atoms with van der Waals surface area (Å²) in [6.07, 6.45) is 1.86. The Morgan fingerprint density at radius 3 is 2.40 bits per heavy atom. The molecule has 5 heteroatoms. The highest BCUT2D eigenvalue weighted by Crippen LogP contribution is 2.22. The highest BCUT2D eigenvalue weighted by molar-refractivity contribution is 5.90. The summed E-state index contributed by atoms with van der Waals surface area (Å²) in [5, 5.41) is 2.92. The SMILES string of the molecule is COC(=O)c1ccc(NC(C)CCC(C)C)c(F)c1F. The fourth-order valence-electron chi connectivity index (χ4n) is 1.85. The van der Waals surface area contributed by atoms with Gasteiger partial charge in [-0.1, -0.05) is 13.8 Å². The molecule has 0 aromatic heterocycles. The van der Waals surface area contributed by atoms with E-state index in [1.54, 1.807) is 0 Å². The van der Waals surface area contributed by atoms with E-state index < -0.39 is 23.2 Å². The van der Waals surface area contributed by atoms with E-state index in [2.05, 4.69) is 23.9 Å². The monoisotopic (exact) mass is 285 g/mol. The Hall–Kier alpha value is -1.65. The van der Waals surface area contributed by atoms with Crippen LogP contribution in [0.15, 0.2) is 12.1 Å². The Balaban J connectivity index is 2.82. The van der Waals surface area contributed by atoms with Crippen molar-refractivity contribution in [3.05, 3.63) is 29.3 Å². The van der Waals surface area contributed by atoms with E-state index in [9.17, 15) is 13.6 Å². The molecule has 0 aliphatic carbocycles. The van der Waals surface area contributed by atoms with Crippen LogP contribution in [-0.2, 0) is 4.74 Å². The van der Waals surface area contributed by atoms with E-state index in [1.165, 1.54) is 12.1 Å². The van der Waals surface area contributed by atoms with Crippen LogP contribution >= 0.6 is 0 Å². The fraction of sp³-hybridized carbons (Fsp3) is 0.533. The van der Waals surface area contributed by atoms with Gasteiger partial charge >= 0.3 is 5.97 Å². The standard InChI is InChI=1S/C15H21F2NO2/c1-9(2)5-6-10(3)18-12-8-7-11(15(19)20-4)13(16)14(12)17/h7-10,18H,5-6H2,1-4H3. The predicted octanol–water partition coefficient (Wildman–Crippen LogP) is 3.99. The molecule has 0 spiro atoms. The second kappa shape index (κ2) is 7.22. The van der Waals surface area contributed by atoms with E-state index in [-0.39, 0.29) is 11.7 Å². The minimum absolute atomic E-state index is 0.0234. The highest BCUT2D eigenvalue weighted by atomic mass is 19.2. The van der Waals surface area contributed by atoms with Crippen LogP contribution in [-0.4, -0.2) is 19.1 Å². The van der Waals surface area contributed by atoms with Crippen molar-refractivity contribution in [1.82, 2.24) is 0 Å². The molecule has 1 unspecified atom stereocenters. The van der Waals surface area contributed by atoms with Crippen LogP contribution in [0, 0.1) is 17.6 Å². The van der Waals surface area contributed by atoms with Crippen LogP contribution in [0.2, 0.25) is 0 Å². The van der Waals surface area contributed by atoms with E-state index in [0.29, 0.717) is 5.92 Å². The lowest BCUT2D eigenvalue weighted by atomic mass is 10.0. The molecular formula is C15H21F2NO2. The smallest absolute Gasteiger partial charge is 0.340 e. The summed E-state index contributed by atoms with van der Waals surface area (Å²) in [6.45, 7) is 6.13. The van der Waals surface area contributed by atoms with Crippen molar-refractivity contribution < 1.29 is 18.3 Å². The largest absolute Gasteiger partial charge is 0.465 e. The second-order valence-corrected chi connectivity index (χ2v) is 5.30. The predicted molar refractivity (Wildman–Crippen MR) is 74.9 cm³/mol. The normalized spacial score (nSPS) is 12.3. The zero-order chi connectivity index (χ0) is 15.3. The quantitative estimate of drug-likeness (QED) is 0.803. The van der Waals surface area contributed by atoms with E-state index in [1.807, 2.05) is 6.92 Å². The molecule has 3 nitrogen and oxygen atoms in total. The Labute approximate surface area is 118 Å². The maximum atomic E-state index is 13.9. The molecule has 0 radical (unpaired) electrons. The molecule has 112 valence electrons. The van der Waals surface area contributed by atoms with E-state index >= 15 is 0 Å². The first-order valence-corrected chi connectivity index (χ1v) is 6.69. The summed E-state index contributed by atoms with van der Waals surface area (Å²) in [4.78, 5) is 11.2. The maximum Gasteiger partial charge on any atom is 0.340 e. The average Bonchev–Trinajstić information content (AvgIpc) is 2.41. The first-order chi connectivity index (χ1) is 9.36. The van der Waals surface area contributed by atoms with Crippen molar-refractivity contribution in [2.24, 2.45) is 5.92 Å². The van der Waals surface area contributed by atoms with Crippen LogP contribution in [0.25, 0.3) is 0 Å². The van der Waals surface area contributed by atoms with Gasteiger partial charge in [-0.2, -0.15) is 0 Å². The zero-order valence-electron chi connectivity index (χ0n) is 12.3. The molecular weight excluding hydrogens is 264 g/mol. The summed E-state index contributed by atoms with van der Waals surface area (Å²) in [5.74, 6) is -2.56. The van der Waals surface area contributed by atoms with Crippen LogP contribution in [0.5, 0.6) is 0 Å². The first kappa shape index (κ1) is 16.4. The summed E-state index contributed by atoms with van der Waals surface area (Å²) >= 11 is 0. The van der Waals surface area contributed by atoms with Crippen molar-refractivity contribution >= 4 is 11.7 Å². The zero-order valence-corrected chi connectivity index (χ0v) is 12.3. The number of hydrogen-bond acceptors (Lipinski definition) is 3. The van der Waals surface area contributed by atoms with Crippen LogP contribution < -0.4 is 5.32 Å². The van der Waals surface area contributed by atoms with Gasteiger partial charge in [-0.25, -0.2) is 13.6 Å². The number of rotatable bonds is 6. The number of anilines is 1. The van der Waals surface area contributed by atoms with Gasteiger partial charge < -0.3 is 10.1 Å². The van der Waals surface area contributed by atoms with Gasteiger partial charge in [0.1, 0.15) is 0 Å². The van der Waals surface area contributed by atoms with Gasteiger partial charge in [-0.05, 0) is 37.8 Å². The van der Waals surface area contributed by atoms with Gasteiger partial charge in [0.15, 0.2) is 11.6 Å². The number of ether oxygens (including phenoxy) is 1. The second-order valence-electron chi connectivity index (χ2n) is 5.30. The van der Waals surface area contributed by atoms with Gasteiger partial charge in [-0.3, -0.25) is 0 Å². The maximum absolute atomic E-state index is 13.9. The third kappa shape index (κ3) is 4.18. The van der Waals surface area contributed by atoms with Gasteiger partial charge in [0.25, 0.3) is 0 Å². The number of carbonyl (C=O) groups excluding carboxylic acids is 1. The summed E-state index contributed by atoms with van der Waals surface area (Å²) < 4.78 is 32.0. The van der Waals surface area contributed by atoms with Gasteiger partial charge in [0.2, 0.25) is 0 Å². The molecule has 0 aliphatic rings.